The van der Waals surface area contributed by atoms with Crippen LogP contribution in [0.15, 0.2) is 60.0 Å². The lowest BCUT2D eigenvalue weighted by Gasteiger charge is -2.26. The van der Waals surface area contributed by atoms with Crippen LogP contribution in [0, 0.1) is 0 Å². The van der Waals surface area contributed by atoms with Gasteiger partial charge in [0.25, 0.3) is 11.8 Å². The highest BCUT2D eigenvalue weighted by atomic mass is 32.1. The zero-order valence-electron chi connectivity index (χ0n) is 14.9. The van der Waals surface area contributed by atoms with Crippen molar-refractivity contribution in [1.29, 1.82) is 0 Å². The van der Waals surface area contributed by atoms with Gasteiger partial charge in [-0.2, -0.15) is 0 Å². The zero-order valence-corrected chi connectivity index (χ0v) is 15.7. The van der Waals surface area contributed by atoms with Gasteiger partial charge in [-0.1, -0.05) is 18.2 Å². The van der Waals surface area contributed by atoms with E-state index in [-0.39, 0.29) is 17.9 Å². The molecule has 1 aliphatic rings. The lowest BCUT2D eigenvalue weighted by atomic mass is 10.1. The average molecular weight is 378 g/mol. The van der Waals surface area contributed by atoms with Gasteiger partial charge in [0.2, 0.25) is 0 Å². The highest BCUT2D eigenvalue weighted by Crippen LogP contribution is 2.41. The van der Waals surface area contributed by atoms with E-state index in [9.17, 15) is 9.59 Å². The lowest BCUT2D eigenvalue weighted by molar-refractivity contribution is 0.0979. The molecule has 0 aliphatic carbocycles. The minimum atomic E-state index is -0.171. The number of ether oxygens (including phenoxy) is 1. The molecule has 5 nitrogen and oxygen atoms in total. The minimum Gasteiger partial charge on any atom is -0.454 e. The van der Waals surface area contributed by atoms with Crippen molar-refractivity contribution in [3.8, 4) is 11.5 Å². The summed E-state index contributed by atoms with van der Waals surface area (Å²) >= 11 is 1.38. The van der Waals surface area contributed by atoms with Crippen LogP contribution in [0.2, 0.25) is 0 Å². The maximum Gasteiger partial charge on any atom is 0.265 e. The topological polar surface area (TPSA) is 58.6 Å². The minimum absolute atomic E-state index is 0.0439. The molecule has 0 atom stereocenters. The zero-order chi connectivity index (χ0) is 19.0. The smallest absolute Gasteiger partial charge is 0.265 e. The normalized spacial score (nSPS) is 12.9. The summed E-state index contributed by atoms with van der Waals surface area (Å²) in [4.78, 5) is 27.7. The van der Waals surface area contributed by atoms with Crippen molar-refractivity contribution < 1.29 is 14.3 Å². The van der Waals surface area contributed by atoms with E-state index in [4.69, 9.17) is 4.74 Å². The van der Waals surface area contributed by atoms with Crippen LogP contribution in [0.25, 0.3) is 0 Å². The summed E-state index contributed by atoms with van der Waals surface area (Å²) in [5.74, 6) is 0.769. The number of para-hydroxylation sites is 1. The quantitative estimate of drug-likeness (QED) is 0.685. The predicted molar refractivity (Wildman–Crippen MR) is 107 cm³/mol. The summed E-state index contributed by atoms with van der Waals surface area (Å²) in [5, 5.41) is 4.74. The summed E-state index contributed by atoms with van der Waals surface area (Å²) in [6, 6.07) is 16.1. The highest BCUT2D eigenvalue weighted by molar-refractivity contribution is 7.12. The van der Waals surface area contributed by atoms with Crippen LogP contribution in [0.3, 0.4) is 0 Å². The lowest BCUT2D eigenvalue weighted by Crippen LogP contribution is -2.36. The van der Waals surface area contributed by atoms with Gasteiger partial charge in [-0.05, 0) is 49.6 Å². The number of carbonyl (C=O) groups excluding carboxylic acids is 2. The molecule has 0 unspecified atom stereocenters. The summed E-state index contributed by atoms with van der Waals surface area (Å²) in [7, 11) is 0. The molecule has 4 rings (SSSR count). The largest absolute Gasteiger partial charge is 0.454 e. The number of carbonyl (C=O) groups is 2. The van der Waals surface area contributed by atoms with Gasteiger partial charge in [-0.25, -0.2) is 0 Å². The molecule has 3 aromatic rings. The fourth-order valence-corrected chi connectivity index (χ4v) is 3.69. The molecule has 6 heteroatoms. The van der Waals surface area contributed by atoms with E-state index >= 15 is 0 Å². The van der Waals surface area contributed by atoms with Gasteiger partial charge in [0.1, 0.15) is 5.75 Å². The van der Waals surface area contributed by atoms with Gasteiger partial charge < -0.3 is 15.0 Å². The first-order valence-corrected chi connectivity index (χ1v) is 9.52. The predicted octanol–water partition coefficient (Wildman–Crippen LogP) is 5.16. The Labute approximate surface area is 161 Å². The number of nitrogens with one attached hydrogen (secondary N) is 1. The van der Waals surface area contributed by atoms with Crippen LogP contribution < -0.4 is 15.0 Å². The molecule has 0 bridgehead atoms. The number of nitrogens with zero attached hydrogens (tertiary/aromatic N) is 1. The fraction of sp³-hybridized carbons (Fsp3) is 0.143. The van der Waals surface area contributed by atoms with E-state index < -0.39 is 0 Å². The number of anilines is 2. The van der Waals surface area contributed by atoms with Crippen LogP contribution in [0.5, 0.6) is 11.5 Å². The monoisotopic (exact) mass is 378 g/mol. The van der Waals surface area contributed by atoms with Crippen LogP contribution >= 0.6 is 11.3 Å². The van der Waals surface area contributed by atoms with E-state index in [1.807, 2.05) is 43.5 Å². The molecule has 2 amide bonds. The molecule has 0 spiro atoms. The second kappa shape index (κ2) is 6.89. The van der Waals surface area contributed by atoms with Gasteiger partial charge in [-0.15, -0.1) is 11.3 Å². The van der Waals surface area contributed by atoms with Crippen molar-refractivity contribution in [2.24, 2.45) is 0 Å². The fourth-order valence-electron chi connectivity index (χ4n) is 3.08. The number of hydrogen-bond acceptors (Lipinski definition) is 4. The summed E-state index contributed by atoms with van der Waals surface area (Å²) in [5.41, 5.74) is 1.81. The van der Waals surface area contributed by atoms with Crippen LogP contribution in [-0.2, 0) is 0 Å². The third-order valence-corrected chi connectivity index (χ3v) is 5.16. The van der Waals surface area contributed by atoms with Gasteiger partial charge in [0.15, 0.2) is 5.75 Å². The van der Waals surface area contributed by atoms with Gasteiger partial charge in [-0.3, -0.25) is 9.59 Å². The molecule has 2 heterocycles. The first-order valence-electron chi connectivity index (χ1n) is 8.64. The second-order valence-electron chi connectivity index (χ2n) is 6.48. The molecular weight excluding hydrogens is 360 g/mol. The Kier molecular flexibility index (Phi) is 4.41. The van der Waals surface area contributed by atoms with Gasteiger partial charge in [0.05, 0.1) is 16.1 Å². The maximum atomic E-state index is 13.0. The standard InChI is InChI=1S/C21H18N2O3S/c1-13(2)23-16-10-9-14(22-20(24)19-8-5-11-27-19)12-18(16)26-17-7-4-3-6-15(17)21(23)25/h3-13H,1-2H3,(H,22,24). The van der Waals surface area contributed by atoms with Crippen LogP contribution in [0.1, 0.15) is 33.9 Å². The van der Waals surface area contributed by atoms with Crippen LogP contribution in [0.4, 0.5) is 11.4 Å². The second-order valence-corrected chi connectivity index (χ2v) is 7.43. The molecule has 1 N–H and O–H groups in total. The molecule has 1 aliphatic heterocycles. The Balaban J connectivity index is 1.75. The van der Waals surface area contributed by atoms with E-state index in [1.54, 1.807) is 35.2 Å². The van der Waals surface area contributed by atoms with E-state index in [2.05, 4.69) is 5.32 Å². The van der Waals surface area contributed by atoms with Gasteiger partial charge in [0, 0.05) is 17.8 Å². The molecule has 136 valence electrons. The molecular formula is C21H18N2O3S. The Morgan fingerprint density at radius 2 is 1.89 bits per heavy atom. The number of rotatable bonds is 3. The van der Waals surface area contributed by atoms with Crippen LogP contribution in [-0.4, -0.2) is 17.9 Å². The number of thiophene rings is 1. The number of fused-ring (bicyclic) bond motifs is 2. The first-order chi connectivity index (χ1) is 13.0. The van der Waals surface area contributed by atoms with E-state index in [0.29, 0.717) is 33.3 Å². The maximum absolute atomic E-state index is 13.0. The number of hydrogen-bond donors (Lipinski definition) is 1. The van der Waals surface area contributed by atoms with Crippen molar-refractivity contribution in [2.75, 3.05) is 10.2 Å². The third-order valence-electron chi connectivity index (χ3n) is 4.29. The van der Waals surface area contributed by atoms with Gasteiger partial charge >= 0.3 is 0 Å². The molecule has 1 aromatic heterocycles. The van der Waals surface area contributed by atoms with Crippen molar-refractivity contribution in [3.05, 3.63) is 70.4 Å². The van der Waals surface area contributed by atoms with E-state index in [0.717, 1.165) is 0 Å². The molecule has 27 heavy (non-hydrogen) atoms. The Morgan fingerprint density at radius 3 is 2.63 bits per heavy atom. The number of benzene rings is 2. The first kappa shape index (κ1) is 17.3. The molecule has 0 saturated heterocycles. The average Bonchev–Trinajstić information content (AvgIpc) is 3.15. The third kappa shape index (κ3) is 3.19. The Hall–Kier alpha value is -3.12. The Morgan fingerprint density at radius 1 is 1.07 bits per heavy atom. The highest BCUT2D eigenvalue weighted by Gasteiger charge is 2.30. The van der Waals surface area contributed by atoms with Crippen molar-refractivity contribution in [1.82, 2.24) is 0 Å². The summed E-state index contributed by atoms with van der Waals surface area (Å²) < 4.78 is 6.06. The Bertz CT molecular complexity index is 1010. The summed E-state index contributed by atoms with van der Waals surface area (Å²) in [6.07, 6.45) is 0. The molecule has 0 radical (unpaired) electrons. The molecule has 0 fully saturated rings. The van der Waals surface area contributed by atoms with Crippen molar-refractivity contribution in [3.63, 3.8) is 0 Å². The number of amides is 2. The van der Waals surface area contributed by atoms with E-state index in [1.165, 1.54) is 11.3 Å². The SMILES string of the molecule is CC(C)N1C(=O)c2ccccc2Oc2cc(NC(=O)c3cccs3)ccc21. The molecule has 2 aromatic carbocycles. The van der Waals surface area contributed by atoms with Crippen molar-refractivity contribution >= 4 is 34.5 Å². The molecule has 0 saturated carbocycles. The summed E-state index contributed by atoms with van der Waals surface area (Å²) in [6.45, 7) is 3.92. The van der Waals surface area contributed by atoms with Crippen molar-refractivity contribution in [2.45, 2.75) is 19.9 Å².